The number of halogens is 4. The predicted octanol–water partition coefficient (Wildman–Crippen LogP) is 16.0. The van der Waals surface area contributed by atoms with E-state index in [1.165, 1.54) is 11.1 Å². The smallest absolute Gasteiger partial charge is 0.456 e. The summed E-state index contributed by atoms with van der Waals surface area (Å²) < 4.78 is 24.5. The van der Waals surface area contributed by atoms with Crippen LogP contribution < -0.4 is 14.9 Å². The monoisotopic (exact) mass is 1130 g/mol. The molecule has 2 heterocycles. The topological polar surface area (TPSA) is 158 Å². The molecule has 8 aromatic carbocycles. The van der Waals surface area contributed by atoms with Crippen LogP contribution in [0.2, 0.25) is 20.1 Å². The lowest BCUT2D eigenvalue weighted by molar-refractivity contribution is 0.00569. The van der Waals surface area contributed by atoms with Crippen LogP contribution in [0.1, 0.15) is 73.4 Å². The molecule has 3 N–H and O–H groups in total. The minimum Gasteiger partial charge on any atom is -0.456 e. The largest absolute Gasteiger partial charge is 0.488 e. The Bertz CT molecular complexity index is 3770. The van der Waals surface area contributed by atoms with E-state index < -0.39 is 18.3 Å². The molecule has 0 aliphatic heterocycles. The van der Waals surface area contributed by atoms with Crippen molar-refractivity contribution in [1.82, 2.24) is 20.0 Å². The number of aromatic amines is 1. The van der Waals surface area contributed by atoms with Crippen LogP contribution >= 0.6 is 46.4 Å². The minimum absolute atomic E-state index is 0.381. The third kappa shape index (κ3) is 16.0. The number of ether oxygens (including phenoxy) is 4. The van der Waals surface area contributed by atoms with Gasteiger partial charge in [-0.05, 0) is 179 Å². The molecule has 79 heavy (non-hydrogen) atoms. The lowest BCUT2D eigenvalue weighted by Gasteiger charge is -2.19. The molecule has 0 saturated carbocycles. The molecule has 0 fully saturated rings. The van der Waals surface area contributed by atoms with E-state index >= 15 is 0 Å². The first-order valence-corrected chi connectivity index (χ1v) is 26.4. The highest BCUT2D eigenvalue weighted by Gasteiger charge is 2.21. The van der Waals surface area contributed by atoms with Crippen molar-refractivity contribution in [2.75, 3.05) is 0 Å². The van der Waals surface area contributed by atoms with Gasteiger partial charge in [0.15, 0.2) is 0 Å². The third-order valence-electron chi connectivity index (χ3n) is 11.5. The average Bonchev–Trinajstić information content (AvgIpc) is 4.05. The zero-order valence-electron chi connectivity index (χ0n) is 44.4. The first-order chi connectivity index (χ1) is 37.4. The maximum Gasteiger partial charge on any atom is 0.488 e. The van der Waals surface area contributed by atoms with E-state index in [2.05, 4.69) is 53.5 Å². The average molecular weight is 1140 g/mol. The maximum atomic E-state index is 12.4. The molecular formula is C62H55BCl4N4O8. The Labute approximate surface area is 478 Å². The van der Waals surface area contributed by atoms with Crippen LogP contribution in [0.5, 0.6) is 23.3 Å². The lowest BCUT2D eigenvalue weighted by atomic mass is 9.79. The summed E-state index contributed by atoms with van der Waals surface area (Å²) in [5, 5.41) is 36.3. The van der Waals surface area contributed by atoms with Crippen LogP contribution in [0.15, 0.2) is 170 Å². The number of aryl methyl sites for hydroxylation is 2. The first-order valence-electron chi connectivity index (χ1n) is 24.9. The van der Waals surface area contributed by atoms with Gasteiger partial charge < -0.3 is 29.0 Å². The standard InChI is InChI=1S/C31H26Cl2N2O3.C20H18Cl2N2O3.C11H11BO2/c1-19-5-6-22-16-26(10-7-21(22)13-19)35-29(18-28(34-35)23-14-24(32)17-25(33)15-23)37-27-11-8-20(9-12-27)30(36)38-31(2,3)4;1-20(2,3)27-19(25)12-4-6-16(7-5-12)26-18-11-17(23-24-18)13-8-14(21)10-15(22)9-13;1-8-2-3-10-7-11(12(13)14)5-4-9(10)6-8/h5-18H,1-4H3;4-11H,1-3H3,(H,23,24);2-7,13-14H,1H3. The second-order valence-corrected chi connectivity index (χ2v) is 22.2. The van der Waals surface area contributed by atoms with Gasteiger partial charge in [-0.15, -0.1) is 5.10 Å². The molecule has 402 valence electrons. The van der Waals surface area contributed by atoms with Crippen molar-refractivity contribution in [3.05, 3.63) is 212 Å². The first kappa shape index (κ1) is 57.6. The van der Waals surface area contributed by atoms with Gasteiger partial charge in [0.05, 0.1) is 28.2 Å². The molecule has 0 unspecified atom stereocenters. The van der Waals surface area contributed by atoms with Crippen molar-refractivity contribution in [3.63, 3.8) is 0 Å². The van der Waals surface area contributed by atoms with E-state index in [1.807, 2.05) is 90.9 Å². The summed E-state index contributed by atoms with van der Waals surface area (Å²) >= 11 is 24.6. The Morgan fingerprint density at radius 3 is 1.48 bits per heavy atom. The Morgan fingerprint density at radius 2 is 0.975 bits per heavy atom. The van der Waals surface area contributed by atoms with Crippen molar-refractivity contribution in [2.45, 2.75) is 66.6 Å². The van der Waals surface area contributed by atoms with Crippen molar-refractivity contribution in [2.24, 2.45) is 0 Å². The fourth-order valence-electron chi connectivity index (χ4n) is 7.94. The van der Waals surface area contributed by atoms with Gasteiger partial charge in [-0.3, -0.25) is 5.10 Å². The fraction of sp³-hybridized carbons (Fsp3) is 0.161. The lowest BCUT2D eigenvalue weighted by Crippen LogP contribution is -2.29. The van der Waals surface area contributed by atoms with E-state index in [4.69, 9.17) is 80.5 Å². The van der Waals surface area contributed by atoms with E-state index in [-0.39, 0.29) is 11.9 Å². The summed E-state index contributed by atoms with van der Waals surface area (Å²) in [4.78, 5) is 24.5. The summed E-state index contributed by atoms with van der Waals surface area (Å²) in [6.07, 6.45) is 0. The molecule has 10 aromatic rings. The Kier molecular flexibility index (Phi) is 17.9. The number of benzene rings is 8. The Balaban J connectivity index is 0.000000173. The number of carbonyl (C=O) groups excluding carboxylic acids is 2. The summed E-state index contributed by atoms with van der Waals surface area (Å²) in [6.45, 7) is 15.1. The predicted molar refractivity (Wildman–Crippen MR) is 317 cm³/mol. The minimum atomic E-state index is -1.39. The highest BCUT2D eigenvalue weighted by Crippen LogP contribution is 2.35. The number of carbonyl (C=O) groups is 2. The number of hydrogen-bond donors (Lipinski definition) is 3. The van der Waals surface area contributed by atoms with Gasteiger partial charge in [0, 0.05) is 43.4 Å². The van der Waals surface area contributed by atoms with Gasteiger partial charge in [-0.25, -0.2) is 14.3 Å². The van der Waals surface area contributed by atoms with Crippen LogP contribution in [0.25, 0.3) is 49.7 Å². The number of rotatable bonds is 10. The Hall–Kier alpha value is -7.62. The van der Waals surface area contributed by atoms with Gasteiger partial charge in [0.1, 0.15) is 22.7 Å². The van der Waals surface area contributed by atoms with E-state index in [1.54, 1.807) is 95.7 Å². The maximum absolute atomic E-state index is 12.4. The summed E-state index contributed by atoms with van der Waals surface area (Å²) in [6, 6.07) is 51.5. The van der Waals surface area contributed by atoms with Crippen molar-refractivity contribution < 1.29 is 38.6 Å². The summed E-state index contributed by atoms with van der Waals surface area (Å²) in [7, 11) is -1.39. The number of fused-ring (bicyclic) bond motifs is 2. The number of hydrogen-bond acceptors (Lipinski definition) is 10. The molecule has 12 nitrogen and oxygen atoms in total. The molecule has 0 spiro atoms. The van der Waals surface area contributed by atoms with Gasteiger partial charge in [0.25, 0.3) is 0 Å². The highest BCUT2D eigenvalue weighted by atomic mass is 35.5. The molecular weight excluding hydrogens is 1080 g/mol. The number of esters is 2. The highest BCUT2D eigenvalue weighted by molar-refractivity contribution is 6.58. The normalized spacial score (nSPS) is 11.3. The second kappa shape index (κ2) is 24.6. The van der Waals surface area contributed by atoms with Crippen LogP contribution in [0.4, 0.5) is 0 Å². The van der Waals surface area contributed by atoms with Gasteiger partial charge in [-0.1, -0.05) is 118 Å². The number of aromatic nitrogens is 4. The van der Waals surface area contributed by atoms with Crippen LogP contribution in [0, 0.1) is 13.8 Å². The molecule has 0 aliphatic carbocycles. The number of nitrogens with one attached hydrogen (secondary N) is 1. The van der Waals surface area contributed by atoms with E-state index in [9.17, 15) is 9.59 Å². The zero-order valence-corrected chi connectivity index (χ0v) is 47.5. The fourth-order valence-corrected chi connectivity index (χ4v) is 8.99. The quantitative estimate of drug-likeness (QED) is 0.0889. The molecule has 17 heteroatoms. The molecule has 0 bridgehead atoms. The zero-order chi connectivity index (χ0) is 56.8. The van der Waals surface area contributed by atoms with Crippen LogP contribution in [0.3, 0.4) is 0 Å². The third-order valence-corrected chi connectivity index (χ3v) is 12.4. The van der Waals surface area contributed by atoms with Gasteiger partial charge in [0.2, 0.25) is 11.8 Å². The van der Waals surface area contributed by atoms with E-state index in [0.29, 0.717) is 65.6 Å². The molecule has 2 aromatic heterocycles. The molecule has 0 saturated heterocycles. The summed E-state index contributed by atoms with van der Waals surface area (Å²) in [5.74, 6) is 1.20. The van der Waals surface area contributed by atoms with E-state index in [0.717, 1.165) is 44.1 Å². The molecule has 0 amide bonds. The summed E-state index contributed by atoms with van der Waals surface area (Å²) in [5.41, 5.74) is 6.49. The number of nitrogens with zero attached hydrogens (tertiary/aromatic N) is 3. The molecule has 0 aliphatic rings. The molecule has 0 radical (unpaired) electrons. The Morgan fingerprint density at radius 1 is 0.519 bits per heavy atom. The molecule has 10 rings (SSSR count). The van der Waals surface area contributed by atoms with Gasteiger partial charge >= 0.3 is 19.1 Å². The van der Waals surface area contributed by atoms with Crippen molar-refractivity contribution in [1.29, 1.82) is 0 Å². The van der Waals surface area contributed by atoms with Crippen LogP contribution in [-0.2, 0) is 9.47 Å². The second-order valence-electron chi connectivity index (χ2n) is 20.5. The SMILES string of the molecule is CC(C)(C)OC(=O)c1ccc(Oc2cc(-c3cc(Cl)cc(Cl)c3)[nH]n2)cc1.Cc1ccc2cc(-n3nc(-c4cc(Cl)cc(Cl)c4)cc3Oc3ccc(C(=O)OC(C)(C)C)cc3)ccc2c1.Cc1ccc2cc(B(O)O)ccc2c1. The van der Waals surface area contributed by atoms with Crippen molar-refractivity contribution >= 4 is 92.5 Å². The number of H-pyrrole nitrogens is 1. The molecule has 0 atom stereocenters. The van der Waals surface area contributed by atoms with Crippen molar-refractivity contribution in [3.8, 4) is 51.5 Å². The van der Waals surface area contributed by atoms with Crippen LogP contribution in [-0.4, -0.2) is 60.3 Å². The van der Waals surface area contributed by atoms with Gasteiger partial charge in [-0.2, -0.15) is 5.10 Å².